The second-order valence-electron chi connectivity index (χ2n) is 8.43. The van der Waals surface area contributed by atoms with Gasteiger partial charge < -0.3 is 19.8 Å². The first-order valence-electron chi connectivity index (χ1n) is 10.6. The number of nitrogens with zero attached hydrogens (tertiary/aromatic N) is 3. The van der Waals surface area contributed by atoms with E-state index in [1.807, 2.05) is 131 Å². The van der Waals surface area contributed by atoms with Gasteiger partial charge in [0.05, 0.1) is 0 Å². The molecule has 0 fully saturated rings. The van der Waals surface area contributed by atoms with E-state index in [0.29, 0.717) is 0 Å². The van der Waals surface area contributed by atoms with Crippen LogP contribution in [0.2, 0.25) is 0 Å². The van der Waals surface area contributed by atoms with Crippen molar-refractivity contribution in [3.05, 3.63) is 89.0 Å². The van der Waals surface area contributed by atoms with Gasteiger partial charge in [-0.1, -0.05) is 30.3 Å². The maximum atomic E-state index is 10.6. The SMILES string of the molecule is CN(C)c1ccc(C(O)c2ccc(N(C)C)cc2)cc1.Cc1ccc(N(C)C)cc1C=O. The summed E-state index contributed by atoms with van der Waals surface area (Å²) in [4.78, 5) is 16.6. The number of hydrogen-bond donors (Lipinski definition) is 1. The summed E-state index contributed by atoms with van der Waals surface area (Å²) >= 11 is 0. The van der Waals surface area contributed by atoms with Gasteiger partial charge >= 0.3 is 0 Å². The zero-order chi connectivity index (χ0) is 23.8. The first-order valence-corrected chi connectivity index (χ1v) is 10.6. The van der Waals surface area contributed by atoms with Crippen molar-refractivity contribution in [2.45, 2.75) is 13.0 Å². The van der Waals surface area contributed by atoms with Gasteiger partial charge in [0.1, 0.15) is 12.4 Å². The molecule has 0 amide bonds. The van der Waals surface area contributed by atoms with Gasteiger partial charge in [0.25, 0.3) is 0 Å². The number of benzene rings is 3. The summed E-state index contributed by atoms with van der Waals surface area (Å²) in [5, 5.41) is 10.4. The predicted octanol–water partition coefficient (Wildman–Crippen LogP) is 4.77. The van der Waals surface area contributed by atoms with Crippen molar-refractivity contribution in [2.24, 2.45) is 0 Å². The average molecular weight is 434 g/mol. The molecule has 1 N–H and O–H groups in total. The highest BCUT2D eigenvalue weighted by Gasteiger charge is 2.10. The van der Waals surface area contributed by atoms with Crippen LogP contribution in [0.5, 0.6) is 0 Å². The zero-order valence-electron chi connectivity index (χ0n) is 20.2. The van der Waals surface area contributed by atoms with Gasteiger partial charge in [0.2, 0.25) is 0 Å². The summed E-state index contributed by atoms with van der Waals surface area (Å²) in [7, 11) is 11.9. The number of carbonyl (C=O) groups excluding carboxylic acids is 1. The standard InChI is InChI=1S/C17H22N2O.C10H13NO/c1-18(2)15-9-5-13(6-10-15)17(20)14-7-11-16(12-8-14)19(3)4;1-8-4-5-10(11(2)3)6-9(8)7-12/h5-12,17,20H,1-4H3;4-7H,1-3H3. The Hall–Kier alpha value is -3.31. The monoisotopic (exact) mass is 433 g/mol. The van der Waals surface area contributed by atoms with Crippen molar-refractivity contribution in [1.82, 2.24) is 0 Å². The number of carbonyl (C=O) groups is 1. The molecule has 5 nitrogen and oxygen atoms in total. The van der Waals surface area contributed by atoms with Gasteiger partial charge in [0.15, 0.2) is 0 Å². The molecule has 170 valence electrons. The number of hydrogen-bond acceptors (Lipinski definition) is 5. The van der Waals surface area contributed by atoms with E-state index in [9.17, 15) is 9.90 Å². The lowest BCUT2D eigenvalue weighted by atomic mass is 10.0. The molecule has 0 spiro atoms. The van der Waals surface area contributed by atoms with Crippen molar-refractivity contribution >= 4 is 23.3 Å². The summed E-state index contributed by atoms with van der Waals surface area (Å²) in [5.41, 5.74) is 6.92. The molecule has 0 aromatic heterocycles. The Labute approximate surface area is 192 Å². The van der Waals surface area contributed by atoms with Gasteiger partial charge in [-0.15, -0.1) is 0 Å². The third-order valence-corrected chi connectivity index (χ3v) is 5.36. The number of anilines is 3. The van der Waals surface area contributed by atoms with Crippen LogP contribution in [-0.4, -0.2) is 53.7 Å². The highest BCUT2D eigenvalue weighted by atomic mass is 16.3. The summed E-state index contributed by atoms with van der Waals surface area (Å²) in [6.07, 6.45) is 0.310. The Morgan fingerprint density at radius 1 is 0.656 bits per heavy atom. The van der Waals surface area contributed by atoms with Crippen molar-refractivity contribution in [2.75, 3.05) is 57.0 Å². The summed E-state index contributed by atoms with van der Waals surface area (Å²) in [5.74, 6) is 0. The van der Waals surface area contributed by atoms with E-state index >= 15 is 0 Å². The first kappa shape index (κ1) is 25.0. The molecule has 32 heavy (non-hydrogen) atoms. The lowest BCUT2D eigenvalue weighted by Gasteiger charge is -2.17. The summed E-state index contributed by atoms with van der Waals surface area (Å²) in [6.45, 7) is 1.93. The fourth-order valence-electron chi connectivity index (χ4n) is 3.13. The molecule has 0 aliphatic heterocycles. The predicted molar refractivity (Wildman–Crippen MR) is 136 cm³/mol. The lowest BCUT2D eigenvalue weighted by molar-refractivity contribution is 0.112. The van der Waals surface area contributed by atoms with Crippen LogP contribution in [0.3, 0.4) is 0 Å². The Bertz CT molecular complexity index is 943. The van der Waals surface area contributed by atoms with Crippen LogP contribution in [0, 0.1) is 6.92 Å². The zero-order valence-corrected chi connectivity index (χ0v) is 20.2. The Morgan fingerprint density at radius 2 is 1.03 bits per heavy atom. The molecule has 0 aliphatic carbocycles. The fourth-order valence-corrected chi connectivity index (χ4v) is 3.13. The van der Waals surface area contributed by atoms with Crippen LogP contribution in [0.4, 0.5) is 17.1 Å². The number of aliphatic hydroxyl groups is 1. The molecule has 0 heterocycles. The Kier molecular flexibility index (Phi) is 8.85. The van der Waals surface area contributed by atoms with Crippen LogP contribution >= 0.6 is 0 Å². The second-order valence-corrected chi connectivity index (χ2v) is 8.43. The normalized spacial score (nSPS) is 10.3. The quantitative estimate of drug-likeness (QED) is 0.567. The molecule has 0 radical (unpaired) electrons. The molecular weight excluding hydrogens is 398 g/mol. The average Bonchev–Trinajstić information content (AvgIpc) is 2.79. The molecule has 0 unspecified atom stereocenters. The van der Waals surface area contributed by atoms with E-state index in [1.165, 1.54) is 0 Å². The van der Waals surface area contributed by atoms with Crippen LogP contribution in [0.1, 0.15) is 33.2 Å². The highest BCUT2D eigenvalue weighted by molar-refractivity contribution is 5.79. The van der Waals surface area contributed by atoms with E-state index in [-0.39, 0.29) is 0 Å². The van der Waals surface area contributed by atoms with Gasteiger partial charge in [-0.2, -0.15) is 0 Å². The van der Waals surface area contributed by atoms with Gasteiger partial charge in [0, 0.05) is 64.9 Å². The molecule has 0 saturated heterocycles. The molecule has 3 aromatic rings. The minimum Gasteiger partial charge on any atom is -0.384 e. The maximum Gasteiger partial charge on any atom is 0.150 e. The molecule has 3 aromatic carbocycles. The van der Waals surface area contributed by atoms with Crippen LogP contribution in [0.15, 0.2) is 66.7 Å². The molecular formula is C27H35N3O2. The number of aliphatic hydroxyl groups excluding tert-OH is 1. The molecule has 0 aliphatic rings. The van der Waals surface area contributed by atoms with Gasteiger partial charge in [-0.25, -0.2) is 0 Å². The van der Waals surface area contributed by atoms with Crippen molar-refractivity contribution < 1.29 is 9.90 Å². The van der Waals surface area contributed by atoms with Crippen molar-refractivity contribution in [3.8, 4) is 0 Å². The minimum absolute atomic E-state index is 0.581. The van der Waals surface area contributed by atoms with Crippen molar-refractivity contribution in [1.29, 1.82) is 0 Å². The highest BCUT2D eigenvalue weighted by Crippen LogP contribution is 2.25. The second kappa shape index (κ2) is 11.3. The van der Waals surface area contributed by atoms with Gasteiger partial charge in [-0.05, 0) is 60.0 Å². The molecule has 3 rings (SSSR count). The molecule has 0 bridgehead atoms. The van der Waals surface area contributed by atoms with Crippen molar-refractivity contribution in [3.63, 3.8) is 0 Å². The third-order valence-electron chi connectivity index (χ3n) is 5.36. The van der Waals surface area contributed by atoms with E-state index in [1.54, 1.807) is 0 Å². The van der Waals surface area contributed by atoms with Crippen LogP contribution in [0.25, 0.3) is 0 Å². The van der Waals surface area contributed by atoms with E-state index in [2.05, 4.69) is 0 Å². The Balaban J connectivity index is 0.000000258. The third kappa shape index (κ3) is 6.59. The molecule has 0 saturated carbocycles. The van der Waals surface area contributed by atoms with Gasteiger partial charge in [-0.3, -0.25) is 4.79 Å². The van der Waals surface area contributed by atoms with Crippen LogP contribution in [-0.2, 0) is 0 Å². The summed E-state index contributed by atoms with van der Waals surface area (Å²) in [6, 6.07) is 21.8. The van der Waals surface area contributed by atoms with E-state index < -0.39 is 6.10 Å². The molecule has 5 heteroatoms. The van der Waals surface area contributed by atoms with E-state index in [0.717, 1.165) is 45.6 Å². The first-order chi connectivity index (χ1) is 15.1. The fraction of sp³-hybridized carbons (Fsp3) is 0.296. The summed E-state index contributed by atoms with van der Waals surface area (Å²) < 4.78 is 0. The molecule has 0 atom stereocenters. The minimum atomic E-state index is -0.581. The topological polar surface area (TPSA) is 47.0 Å². The lowest BCUT2D eigenvalue weighted by Crippen LogP contribution is -2.09. The number of rotatable bonds is 6. The van der Waals surface area contributed by atoms with Crippen LogP contribution < -0.4 is 14.7 Å². The largest absolute Gasteiger partial charge is 0.384 e. The van der Waals surface area contributed by atoms with E-state index in [4.69, 9.17) is 0 Å². The number of aldehydes is 1. The smallest absolute Gasteiger partial charge is 0.150 e. The maximum absolute atomic E-state index is 10.6. The Morgan fingerprint density at radius 3 is 1.38 bits per heavy atom. The number of aryl methyl sites for hydroxylation is 1.